The number of carboxylic acid groups (broad SMARTS) is 1. The third-order valence-corrected chi connectivity index (χ3v) is 3.66. The Balaban J connectivity index is 2.01. The normalized spacial score (nSPS) is 10.8. The first-order valence-electron chi connectivity index (χ1n) is 7.00. The number of carbonyl (C=O) groups excluding carboxylic acids is 1. The van der Waals surface area contributed by atoms with Crippen molar-refractivity contribution in [3.05, 3.63) is 35.5 Å². The van der Waals surface area contributed by atoms with Crippen LogP contribution in [-0.4, -0.2) is 40.5 Å². The number of hydrogen-bond donors (Lipinski definition) is 2. The first-order valence-corrected chi connectivity index (χ1v) is 7.00. The maximum atomic E-state index is 12.2. The molecule has 1 heterocycles. The van der Waals surface area contributed by atoms with Gasteiger partial charge >= 0.3 is 5.97 Å². The molecule has 5 heteroatoms. The largest absolute Gasteiger partial charge is 0.481 e. The second-order valence-corrected chi connectivity index (χ2v) is 5.30. The van der Waals surface area contributed by atoms with Crippen molar-refractivity contribution >= 4 is 22.8 Å². The Labute approximate surface area is 123 Å². The van der Waals surface area contributed by atoms with Gasteiger partial charge in [-0.2, -0.15) is 0 Å². The smallest absolute Gasteiger partial charge is 0.303 e. The number of aromatic nitrogens is 1. The molecule has 0 bridgehead atoms. The summed E-state index contributed by atoms with van der Waals surface area (Å²) in [6, 6.07) is 6.02. The molecular weight excluding hydrogens is 268 g/mol. The van der Waals surface area contributed by atoms with Gasteiger partial charge in [0.1, 0.15) is 0 Å². The third-order valence-electron chi connectivity index (χ3n) is 3.66. The molecule has 2 aromatic rings. The van der Waals surface area contributed by atoms with E-state index in [0.717, 1.165) is 22.0 Å². The minimum Gasteiger partial charge on any atom is -0.481 e. The van der Waals surface area contributed by atoms with Crippen LogP contribution >= 0.6 is 0 Å². The fourth-order valence-corrected chi connectivity index (χ4v) is 2.40. The quantitative estimate of drug-likeness (QED) is 0.857. The summed E-state index contributed by atoms with van der Waals surface area (Å²) in [6.45, 7) is 2.50. The Kier molecular flexibility index (Phi) is 4.62. The highest BCUT2D eigenvalue weighted by molar-refractivity contribution is 5.90. The van der Waals surface area contributed by atoms with E-state index in [-0.39, 0.29) is 12.3 Å². The van der Waals surface area contributed by atoms with Crippen molar-refractivity contribution < 1.29 is 14.7 Å². The lowest BCUT2D eigenvalue weighted by atomic mass is 10.1. The number of aryl methyl sites for hydroxylation is 1. The lowest BCUT2D eigenvalue weighted by Crippen LogP contribution is -2.29. The van der Waals surface area contributed by atoms with Gasteiger partial charge in [-0.1, -0.05) is 18.2 Å². The van der Waals surface area contributed by atoms with E-state index in [2.05, 4.69) is 4.98 Å². The molecule has 0 saturated carbocycles. The fourth-order valence-electron chi connectivity index (χ4n) is 2.40. The Bertz CT molecular complexity index is 661. The molecule has 2 rings (SSSR count). The Morgan fingerprint density at radius 2 is 2.10 bits per heavy atom. The number of aromatic amines is 1. The van der Waals surface area contributed by atoms with Crippen molar-refractivity contribution in [1.82, 2.24) is 9.88 Å². The molecule has 5 nitrogen and oxygen atoms in total. The molecule has 0 aliphatic carbocycles. The van der Waals surface area contributed by atoms with Gasteiger partial charge in [0.25, 0.3) is 0 Å². The minimum absolute atomic E-state index is 0.00259. The molecule has 0 fully saturated rings. The minimum atomic E-state index is -0.831. The number of nitrogens with one attached hydrogen (secondary N) is 1. The number of fused-ring (bicyclic) bond motifs is 1. The zero-order chi connectivity index (χ0) is 15.4. The van der Waals surface area contributed by atoms with Gasteiger partial charge in [0.05, 0.1) is 6.42 Å². The molecule has 112 valence electrons. The summed E-state index contributed by atoms with van der Waals surface area (Å²) in [4.78, 5) is 27.5. The van der Waals surface area contributed by atoms with Crippen LogP contribution in [0.2, 0.25) is 0 Å². The van der Waals surface area contributed by atoms with Crippen molar-refractivity contribution in [2.75, 3.05) is 13.6 Å². The monoisotopic (exact) mass is 288 g/mol. The van der Waals surface area contributed by atoms with Crippen LogP contribution in [0, 0.1) is 6.92 Å². The second kappa shape index (κ2) is 6.43. The van der Waals surface area contributed by atoms with Gasteiger partial charge in [0.15, 0.2) is 0 Å². The number of rotatable bonds is 6. The van der Waals surface area contributed by atoms with Gasteiger partial charge in [-0.15, -0.1) is 0 Å². The summed E-state index contributed by atoms with van der Waals surface area (Å²) in [5.41, 5.74) is 3.19. The number of amides is 1. The van der Waals surface area contributed by atoms with Gasteiger partial charge < -0.3 is 15.0 Å². The first-order chi connectivity index (χ1) is 9.99. The predicted octanol–water partition coefficient (Wildman–Crippen LogP) is 2.34. The first kappa shape index (κ1) is 15.1. The molecule has 21 heavy (non-hydrogen) atoms. The number of carboxylic acids is 1. The van der Waals surface area contributed by atoms with E-state index in [1.807, 2.05) is 31.3 Å². The van der Waals surface area contributed by atoms with Gasteiger partial charge in [-0.05, 0) is 24.5 Å². The SMILES string of the molecule is Cc1cccc2c(CC(=O)N(C)CCCC(=O)O)c[nH]c12. The molecule has 0 spiro atoms. The van der Waals surface area contributed by atoms with E-state index in [0.29, 0.717) is 19.4 Å². The summed E-state index contributed by atoms with van der Waals surface area (Å²) in [5, 5.41) is 9.68. The standard InChI is InChI=1S/C16H20N2O3/c1-11-5-3-6-13-12(10-17-16(11)13)9-14(19)18(2)8-4-7-15(20)21/h3,5-6,10,17H,4,7-9H2,1-2H3,(H,20,21). The third kappa shape index (κ3) is 3.62. The zero-order valence-corrected chi connectivity index (χ0v) is 12.3. The summed E-state index contributed by atoms with van der Waals surface area (Å²) in [5.74, 6) is -0.828. The van der Waals surface area contributed by atoms with E-state index in [9.17, 15) is 9.59 Å². The zero-order valence-electron chi connectivity index (χ0n) is 12.3. The number of nitrogens with zero attached hydrogens (tertiary/aromatic N) is 1. The van der Waals surface area contributed by atoms with Crippen LogP contribution in [0.1, 0.15) is 24.0 Å². The van der Waals surface area contributed by atoms with Crippen LogP contribution in [0.15, 0.2) is 24.4 Å². The number of H-pyrrole nitrogens is 1. The van der Waals surface area contributed by atoms with Crippen LogP contribution in [0.25, 0.3) is 10.9 Å². The Hall–Kier alpha value is -2.30. The highest BCUT2D eigenvalue weighted by Gasteiger charge is 2.13. The van der Waals surface area contributed by atoms with Gasteiger partial charge in [0.2, 0.25) is 5.91 Å². The fraction of sp³-hybridized carbons (Fsp3) is 0.375. The summed E-state index contributed by atoms with van der Waals surface area (Å²) >= 11 is 0. The number of hydrogen-bond acceptors (Lipinski definition) is 2. The number of likely N-dealkylation sites (N-methyl/N-ethyl adjacent to an activating group) is 1. The summed E-state index contributed by atoms with van der Waals surface area (Å²) in [7, 11) is 1.71. The molecule has 0 aliphatic rings. The van der Waals surface area contributed by atoms with Crippen molar-refractivity contribution in [2.24, 2.45) is 0 Å². The number of para-hydroxylation sites is 1. The lowest BCUT2D eigenvalue weighted by Gasteiger charge is -2.16. The topological polar surface area (TPSA) is 73.4 Å². The van der Waals surface area contributed by atoms with Gasteiger partial charge in [-0.3, -0.25) is 9.59 Å². The van der Waals surface area contributed by atoms with Crippen molar-refractivity contribution in [3.8, 4) is 0 Å². The summed E-state index contributed by atoms with van der Waals surface area (Å²) < 4.78 is 0. The average molecular weight is 288 g/mol. The van der Waals surface area contributed by atoms with E-state index >= 15 is 0 Å². The van der Waals surface area contributed by atoms with Crippen molar-refractivity contribution in [2.45, 2.75) is 26.2 Å². The Morgan fingerprint density at radius 1 is 1.33 bits per heavy atom. The van der Waals surface area contributed by atoms with Crippen LogP contribution < -0.4 is 0 Å². The van der Waals surface area contributed by atoms with Crippen LogP contribution in [0.4, 0.5) is 0 Å². The molecule has 0 saturated heterocycles. The maximum Gasteiger partial charge on any atom is 0.303 e. The van der Waals surface area contributed by atoms with Crippen LogP contribution in [-0.2, 0) is 16.0 Å². The highest BCUT2D eigenvalue weighted by Crippen LogP contribution is 2.21. The molecule has 1 amide bonds. The Morgan fingerprint density at radius 3 is 2.81 bits per heavy atom. The van der Waals surface area contributed by atoms with E-state index in [4.69, 9.17) is 5.11 Å². The van der Waals surface area contributed by atoms with E-state index in [1.54, 1.807) is 11.9 Å². The van der Waals surface area contributed by atoms with Crippen LogP contribution in [0.5, 0.6) is 0 Å². The lowest BCUT2D eigenvalue weighted by molar-refractivity contribution is -0.138. The van der Waals surface area contributed by atoms with Gasteiger partial charge in [0, 0.05) is 37.1 Å². The molecule has 0 atom stereocenters. The van der Waals surface area contributed by atoms with E-state index in [1.165, 1.54) is 0 Å². The molecule has 1 aromatic heterocycles. The molecule has 0 aliphatic heterocycles. The second-order valence-electron chi connectivity index (χ2n) is 5.30. The number of aliphatic carboxylic acids is 1. The molecular formula is C16H20N2O3. The van der Waals surface area contributed by atoms with Crippen molar-refractivity contribution in [1.29, 1.82) is 0 Å². The molecule has 2 N–H and O–H groups in total. The van der Waals surface area contributed by atoms with Gasteiger partial charge in [-0.25, -0.2) is 0 Å². The van der Waals surface area contributed by atoms with E-state index < -0.39 is 5.97 Å². The maximum absolute atomic E-state index is 12.2. The summed E-state index contributed by atoms with van der Waals surface area (Å²) in [6.07, 6.45) is 2.77. The molecule has 1 aromatic carbocycles. The molecule has 0 unspecified atom stereocenters. The predicted molar refractivity (Wildman–Crippen MR) is 81.2 cm³/mol. The molecule has 0 radical (unpaired) electrons. The van der Waals surface area contributed by atoms with Crippen molar-refractivity contribution in [3.63, 3.8) is 0 Å². The number of benzene rings is 1. The van der Waals surface area contributed by atoms with Crippen LogP contribution in [0.3, 0.4) is 0 Å². The average Bonchev–Trinajstić information content (AvgIpc) is 2.83. The highest BCUT2D eigenvalue weighted by atomic mass is 16.4. The number of carbonyl (C=O) groups is 2.